The van der Waals surface area contributed by atoms with Crippen molar-refractivity contribution in [2.45, 2.75) is 45.1 Å². The van der Waals surface area contributed by atoms with Gasteiger partial charge in [0.25, 0.3) is 0 Å². The van der Waals surface area contributed by atoms with Crippen molar-refractivity contribution in [1.29, 1.82) is 5.26 Å². The normalized spacial score (nSPS) is 17.8. The molecule has 1 aliphatic carbocycles. The third-order valence-electron chi connectivity index (χ3n) is 7.37. The monoisotopic (exact) mass is 496 g/mol. The maximum absolute atomic E-state index is 12.6. The molecule has 1 N–H and O–H groups in total. The highest BCUT2D eigenvalue weighted by Gasteiger charge is 2.35. The zero-order valence-corrected chi connectivity index (χ0v) is 21.4. The van der Waals surface area contributed by atoms with Crippen molar-refractivity contribution in [2.75, 3.05) is 31.1 Å². The minimum Gasteiger partial charge on any atom is -0.396 e. The summed E-state index contributed by atoms with van der Waals surface area (Å²) in [7, 11) is 0. The highest BCUT2D eigenvalue weighted by Crippen LogP contribution is 2.46. The van der Waals surface area contributed by atoms with E-state index in [1.165, 1.54) is 0 Å². The van der Waals surface area contributed by atoms with Gasteiger partial charge in [0.15, 0.2) is 5.82 Å². The van der Waals surface area contributed by atoms with Crippen LogP contribution in [0.1, 0.15) is 56.1 Å². The molecule has 190 valence electrons. The van der Waals surface area contributed by atoms with Gasteiger partial charge in [0.2, 0.25) is 5.91 Å². The van der Waals surface area contributed by atoms with Gasteiger partial charge in [-0.3, -0.25) is 4.79 Å². The first-order valence-electron chi connectivity index (χ1n) is 12.9. The Bertz CT molecular complexity index is 1390. The van der Waals surface area contributed by atoms with Gasteiger partial charge in [0.05, 0.1) is 29.4 Å². The molecule has 0 radical (unpaired) electrons. The van der Waals surface area contributed by atoms with E-state index in [0.717, 1.165) is 40.6 Å². The number of anilines is 1. The van der Waals surface area contributed by atoms with Crippen LogP contribution in [-0.4, -0.2) is 63.1 Å². The van der Waals surface area contributed by atoms with Gasteiger partial charge in [-0.2, -0.15) is 5.26 Å². The van der Waals surface area contributed by atoms with Gasteiger partial charge in [-0.25, -0.2) is 15.0 Å². The predicted molar refractivity (Wildman–Crippen MR) is 144 cm³/mol. The Labute approximate surface area is 217 Å². The van der Waals surface area contributed by atoms with Crippen molar-refractivity contribution in [2.24, 2.45) is 5.92 Å². The summed E-state index contributed by atoms with van der Waals surface area (Å²) in [5.74, 6) is 1.84. The van der Waals surface area contributed by atoms with Crippen LogP contribution in [0.2, 0.25) is 0 Å². The van der Waals surface area contributed by atoms with Crippen molar-refractivity contribution in [3.8, 4) is 17.2 Å². The predicted octanol–water partition coefficient (Wildman–Crippen LogP) is 4.14. The Kier molecular flexibility index (Phi) is 6.90. The minimum absolute atomic E-state index is 0.0144. The maximum Gasteiger partial charge on any atom is 0.225 e. The number of nitrogens with zero attached hydrogens (tertiary/aromatic N) is 6. The molecule has 8 heteroatoms. The average molecular weight is 497 g/mol. The summed E-state index contributed by atoms with van der Waals surface area (Å²) in [6.07, 6.45) is 5.74. The lowest BCUT2D eigenvalue weighted by Crippen LogP contribution is -2.57. The number of aromatic nitrogens is 3. The standard InChI is InChI=1S/C29H32N6O2/c1-4-26-31-16-23-21(6-5-7-24(23)32-26)22-14-20(15-30)29(33-28(22)19-8-9-19)34-11-12-35(27(37)10-13-36)25(17-34)18(2)3/h4-7,14,16,18-19,25,36H,1,8-13,17H2,2-3H3/t25-/m0/s1. The summed E-state index contributed by atoms with van der Waals surface area (Å²) in [6, 6.07) is 10.3. The van der Waals surface area contributed by atoms with E-state index in [0.29, 0.717) is 42.8 Å². The summed E-state index contributed by atoms with van der Waals surface area (Å²) >= 11 is 0. The molecule has 37 heavy (non-hydrogen) atoms. The summed E-state index contributed by atoms with van der Waals surface area (Å²) in [5, 5.41) is 20.4. The Morgan fingerprint density at radius 2 is 2.08 bits per heavy atom. The Morgan fingerprint density at radius 3 is 2.76 bits per heavy atom. The number of carbonyl (C=O) groups is 1. The molecule has 1 atom stereocenters. The Balaban J connectivity index is 1.56. The lowest BCUT2D eigenvalue weighted by Gasteiger charge is -2.44. The second-order valence-electron chi connectivity index (χ2n) is 10.2. The molecule has 0 spiro atoms. The summed E-state index contributed by atoms with van der Waals surface area (Å²) in [4.78, 5) is 30.8. The fourth-order valence-corrected chi connectivity index (χ4v) is 5.25. The van der Waals surface area contributed by atoms with Gasteiger partial charge in [-0.05, 0) is 42.5 Å². The topological polar surface area (TPSA) is 106 Å². The Morgan fingerprint density at radius 1 is 1.27 bits per heavy atom. The van der Waals surface area contributed by atoms with Gasteiger partial charge >= 0.3 is 0 Å². The fraction of sp³-hybridized carbons (Fsp3) is 0.414. The van der Waals surface area contributed by atoms with Crippen molar-refractivity contribution >= 4 is 28.7 Å². The number of benzene rings is 1. The van der Waals surface area contributed by atoms with Crippen LogP contribution in [0.15, 0.2) is 37.0 Å². The lowest BCUT2D eigenvalue weighted by atomic mass is 9.95. The quantitative estimate of drug-likeness (QED) is 0.524. The second-order valence-corrected chi connectivity index (χ2v) is 10.2. The molecule has 0 unspecified atom stereocenters. The molecule has 3 aromatic rings. The van der Waals surface area contributed by atoms with Crippen LogP contribution in [0.25, 0.3) is 28.1 Å². The zero-order chi connectivity index (χ0) is 26.1. The third-order valence-corrected chi connectivity index (χ3v) is 7.37. The van der Waals surface area contributed by atoms with Crippen molar-refractivity contribution in [3.63, 3.8) is 0 Å². The summed E-state index contributed by atoms with van der Waals surface area (Å²) in [6.45, 7) is 9.57. The van der Waals surface area contributed by atoms with Crippen molar-refractivity contribution in [1.82, 2.24) is 19.9 Å². The maximum atomic E-state index is 12.6. The van der Waals surface area contributed by atoms with E-state index in [2.05, 4.69) is 41.4 Å². The molecule has 3 heterocycles. The molecule has 2 aromatic heterocycles. The van der Waals surface area contributed by atoms with Crippen molar-refractivity contribution < 1.29 is 9.90 Å². The van der Waals surface area contributed by atoms with E-state index in [1.807, 2.05) is 35.4 Å². The summed E-state index contributed by atoms with van der Waals surface area (Å²) < 4.78 is 0. The highest BCUT2D eigenvalue weighted by atomic mass is 16.3. The number of amides is 1. The molecule has 8 nitrogen and oxygen atoms in total. The first-order chi connectivity index (χ1) is 17.9. The number of piperazine rings is 1. The molecule has 1 saturated heterocycles. The molecule has 0 bridgehead atoms. The van der Waals surface area contributed by atoms with Gasteiger partial charge in [0, 0.05) is 49.1 Å². The molecule has 1 aromatic carbocycles. The lowest BCUT2D eigenvalue weighted by molar-refractivity contribution is -0.135. The van der Waals surface area contributed by atoms with Crippen molar-refractivity contribution in [3.05, 3.63) is 54.1 Å². The summed E-state index contributed by atoms with van der Waals surface area (Å²) in [5.41, 5.74) is 4.30. The van der Waals surface area contributed by atoms with Gasteiger partial charge in [-0.15, -0.1) is 0 Å². The molecule has 2 aliphatic rings. The van der Waals surface area contributed by atoms with Crippen LogP contribution < -0.4 is 4.90 Å². The number of aliphatic hydroxyl groups is 1. The van der Waals surface area contributed by atoms with Crippen LogP contribution in [0.3, 0.4) is 0 Å². The smallest absolute Gasteiger partial charge is 0.225 e. The second kappa shape index (κ2) is 10.3. The van der Waals surface area contributed by atoms with E-state index in [1.54, 1.807) is 6.08 Å². The van der Waals surface area contributed by atoms with E-state index in [9.17, 15) is 15.2 Å². The van der Waals surface area contributed by atoms with Crippen LogP contribution >= 0.6 is 0 Å². The molecule has 2 fully saturated rings. The number of rotatable bonds is 7. The molecular formula is C29H32N6O2. The van der Waals surface area contributed by atoms with E-state index in [-0.39, 0.29) is 30.9 Å². The fourth-order valence-electron chi connectivity index (χ4n) is 5.25. The van der Waals surface area contributed by atoms with Gasteiger partial charge in [-0.1, -0.05) is 32.6 Å². The molecule has 1 amide bonds. The molecule has 1 aliphatic heterocycles. The third kappa shape index (κ3) is 4.79. The number of aliphatic hydroxyl groups excluding tert-OH is 1. The molecular weight excluding hydrogens is 464 g/mol. The number of pyridine rings is 1. The number of fused-ring (bicyclic) bond motifs is 1. The highest BCUT2D eigenvalue weighted by molar-refractivity contribution is 5.95. The molecule has 5 rings (SSSR count). The largest absolute Gasteiger partial charge is 0.396 e. The number of hydrogen-bond donors (Lipinski definition) is 1. The Hall–Kier alpha value is -3.83. The van der Waals surface area contributed by atoms with E-state index < -0.39 is 0 Å². The number of carbonyl (C=O) groups excluding carboxylic acids is 1. The first kappa shape index (κ1) is 24.8. The first-order valence-corrected chi connectivity index (χ1v) is 12.9. The van der Waals surface area contributed by atoms with Crippen LogP contribution in [0, 0.1) is 17.2 Å². The van der Waals surface area contributed by atoms with Gasteiger partial charge < -0.3 is 14.9 Å². The van der Waals surface area contributed by atoms with Crippen LogP contribution in [0.4, 0.5) is 5.82 Å². The zero-order valence-electron chi connectivity index (χ0n) is 21.4. The average Bonchev–Trinajstić information content (AvgIpc) is 3.77. The van der Waals surface area contributed by atoms with Crippen LogP contribution in [0.5, 0.6) is 0 Å². The SMILES string of the molecule is C=Cc1ncc2c(-c3cc(C#N)c(N4CCN(C(=O)CCO)[C@H](C(C)C)C4)nc3C3CC3)cccc2n1. The number of hydrogen-bond acceptors (Lipinski definition) is 7. The molecule has 1 saturated carbocycles. The minimum atomic E-state index is -0.148. The van der Waals surface area contributed by atoms with Gasteiger partial charge in [0.1, 0.15) is 11.9 Å². The van der Waals surface area contributed by atoms with E-state index >= 15 is 0 Å². The van der Waals surface area contributed by atoms with Crippen LogP contribution in [-0.2, 0) is 4.79 Å². The number of nitriles is 1. The van der Waals surface area contributed by atoms with E-state index in [4.69, 9.17) is 4.98 Å².